The number of methoxy groups -OCH3 is 2. The summed E-state index contributed by atoms with van der Waals surface area (Å²) < 4.78 is 23.0. The number of ether oxygens (including phenoxy) is 3. The Morgan fingerprint density at radius 3 is 2.15 bits per heavy atom. The molecule has 0 aliphatic carbocycles. The molecule has 0 saturated heterocycles. The Labute approximate surface area is 161 Å². The van der Waals surface area contributed by atoms with Crippen molar-refractivity contribution in [3.05, 3.63) is 29.8 Å². The van der Waals surface area contributed by atoms with E-state index in [2.05, 4.69) is 40.8 Å². The van der Waals surface area contributed by atoms with E-state index in [1.165, 1.54) is 0 Å². The van der Waals surface area contributed by atoms with Crippen LogP contribution in [0, 0.1) is 5.92 Å². The molecule has 2 atom stereocenters. The Bertz CT molecular complexity index is 508. The van der Waals surface area contributed by atoms with Crippen molar-refractivity contribution in [2.75, 3.05) is 27.4 Å². The summed E-state index contributed by atoms with van der Waals surface area (Å²) in [5.74, 6) is 1.21. The maximum absolute atomic E-state index is 6.34. The van der Waals surface area contributed by atoms with Crippen molar-refractivity contribution in [1.82, 2.24) is 0 Å². The molecule has 0 bridgehead atoms. The highest BCUT2D eigenvalue weighted by Crippen LogP contribution is 2.37. The number of hydrogen-bond donors (Lipinski definition) is 0. The van der Waals surface area contributed by atoms with Crippen molar-refractivity contribution in [2.24, 2.45) is 5.92 Å². The molecular formula is C21H38O4Si. The minimum Gasteiger partial charge on any atom is -0.497 e. The van der Waals surface area contributed by atoms with Crippen LogP contribution in [0.25, 0.3) is 0 Å². The van der Waals surface area contributed by atoms with Crippen LogP contribution in [0.5, 0.6) is 5.75 Å². The Kier molecular flexibility index (Phi) is 9.31. The van der Waals surface area contributed by atoms with E-state index in [9.17, 15) is 0 Å². The molecule has 5 heteroatoms. The van der Waals surface area contributed by atoms with Gasteiger partial charge in [-0.2, -0.15) is 0 Å². The predicted octanol–water partition coefficient (Wildman–Crippen LogP) is 5.27. The van der Waals surface area contributed by atoms with E-state index in [0.29, 0.717) is 19.1 Å². The Balaban J connectivity index is 2.36. The fourth-order valence-corrected chi connectivity index (χ4v) is 3.52. The second-order valence-corrected chi connectivity index (χ2v) is 13.3. The lowest BCUT2D eigenvalue weighted by Crippen LogP contribution is -2.43. The third-order valence-electron chi connectivity index (χ3n) is 5.43. The fraction of sp³-hybridized carbons (Fsp3) is 0.714. The molecule has 150 valence electrons. The molecule has 0 aliphatic heterocycles. The van der Waals surface area contributed by atoms with Gasteiger partial charge in [-0.25, -0.2) is 0 Å². The third-order valence-corrected chi connectivity index (χ3v) is 9.93. The first-order valence-electron chi connectivity index (χ1n) is 9.48. The van der Waals surface area contributed by atoms with E-state index >= 15 is 0 Å². The number of rotatable bonds is 11. The highest BCUT2D eigenvalue weighted by molar-refractivity contribution is 6.74. The summed E-state index contributed by atoms with van der Waals surface area (Å²) in [5.41, 5.74) is 1.15. The second kappa shape index (κ2) is 10.5. The van der Waals surface area contributed by atoms with Crippen molar-refractivity contribution >= 4 is 8.32 Å². The molecule has 1 aromatic rings. The first-order valence-corrected chi connectivity index (χ1v) is 12.4. The maximum Gasteiger partial charge on any atom is 0.191 e. The van der Waals surface area contributed by atoms with Crippen molar-refractivity contribution < 1.29 is 18.6 Å². The van der Waals surface area contributed by atoms with E-state index in [1.54, 1.807) is 14.2 Å². The average Bonchev–Trinajstić information content (AvgIpc) is 2.59. The van der Waals surface area contributed by atoms with Crippen molar-refractivity contribution in [3.8, 4) is 5.75 Å². The van der Waals surface area contributed by atoms with Crippen LogP contribution in [0.3, 0.4) is 0 Å². The largest absolute Gasteiger partial charge is 0.497 e. The molecule has 1 aromatic carbocycles. The lowest BCUT2D eigenvalue weighted by Gasteiger charge is -2.37. The highest BCUT2D eigenvalue weighted by atomic mass is 28.4. The highest BCUT2D eigenvalue weighted by Gasteiger charge is 2.37. The maximum atomic E-state index is 6.34. The van der Waals surface area contributed by atoms with Crippen LogP contribution in [-0.4, -0.2) is 41.9 Å². The topological polar surface area (TPSA) is 36.9 Å². The molecule has 0 radical (unpaired) electrons. The summed E-state index contributed by atoms with van der Waals surface area (Å²) in [6, 6.07) is 7.97. The van der Waals surface area contributed by atoms with Gasteiger partial charge in [-0.05, 0) is 42.2 Å². The molecule has 1 rings (SSSR count). The third kappa shape index (κ3) is 7.39. The quantitative estimate of drug-likeness (QED) is 0.386. The van der Waals surface area contributed by atoms with Gasteiger partial charge >= 0.3 is 0 Å². The Morgan fingerprint density at radius 1 is 1.04 bits per heavy atom. The van der Waals surface area contributed by atoms with E-state index in [0.717, 1.165) is 24.3 Å². The summed E-state index contributed by atoms with van der Waals surface area (Å²) in [5, 5.41) is 0.233. The van der Waals surface area contributed by atoms with Gasteiger partial charge in [0, 0.05) is 26.2 Å². The molecule has 0 fully saturated rings. The summed E-state index contributed by atoms with van der Waals surface area (Å²) in [7, 11) is 1.73. The zero-order valence-electron chi connectivity index (χ0n) is 17.9. The molecule has 0 saturated carbocycles. The van der Waals surface area contributed by atoms with Gasteiger partial charge in [0.1, 0.15) is 5.75 Å². The molecule has 0 N–H and O–H groups in total. The zero-order valence-corrected chi connectivity index (χ0v) is 18.9. The van der Waals surface area contributed by atoms with Crippen molar-refractivity contribution in [1.29, 1.82) is 0 Å². The van der Waals surface area contributed by atoms with Crippen molar-refractivity contribution in [2.45, 2.75) is 65.0 Å². The Morgan fingerprint density at radius 2 is 1.65 bits per heavy atom. The molecule has 0 aromatic heterocycles. The molecule has 0 spiro atoms. The van der Waals surface area contributed by atoms with Gasteiger partial charge < -0.3 is 18.6 Å². The minimum absolute atomic E-state index is 0.149. The van der Waals surface area contributed by atoms with Gasteiger partial charge in [0.25, 0.3) is 0 Å². The molecule has 0 aliphatic rings. The SMILES string of the molecule is COc1ccc(COCC[C@@H](OC)[C@@H](C)CO[Si](C)(C)C(C)(C)C)cc1. The van der Waals surface area contributed by atoms with Crippen LogP contribution >= 0.6 is 0 Å². The molecular weight excluding hydrogens is 344 g/mol. The predicted molar refractivity (Wildman–Crippen MR) is 110 cm³/mol. The number of hydrogen-bond acceptors (Lipinski definition) is 4. The summed E-state index contributed by atoms with van der Waals surface area (Å²) in [6.07, 6.45) is 1.02. The first-order chi connectivity index (χ1) is 12.1. The van der Waals surface area contributed by atoms with E-state index in [-0.39, 0.29) is 11.1 Å². The molecule has 0 unspecified atom stereocenters. The molecule has 0 amide bonds. The normalized spacial score (nSPS) is 14.9. The summed E-state index contributed by atoms with van der Waals surface area (Å²) in [6.45, 7) is 15.6. The lowest BCUT2D eigenvalue weighted by molar-refractivity contribution is 0.00426. The van der Waals surface area contributed by atoms with Gasteiger partial charge in [-0.1, -0.05) is 39.8 Å². The van der Waals surface area contributed by atoms with Crippen LogP contribution in [0.2, 0.25) is 18.1 Å². The fourth-order valence-electron chi connectivity index (χ4n) is 2.41. The van der Waals surface area contributed by atoms with E-state index < -0.39 is 8.32 Å². The van der Waals surface area contributed by atoms with Gasteiger partial charge in [-0.15, -0.1) is 0 Å². The minimum atomic E-state index is -1.71. The average molecular weight is 383 g/mol. The van der Waals surface area contributed by atoms with E-state index in [1.807, 2.05) is 24.3 Å². The van der Waals surface area contributed by atoms with Gasteiger partial charge in [0.05, 0.1) is 19.8 Å². The molecule has 0 heterocycles. The standard InChI is InChI=1S/C21H38O4Si/c1-17(15-25-26(7,8)21(2,3)4)20(23-6)13-14-24-16-18-9-11-19(22-5)12-10-18/h9-12,17,20H,13-16H2,1-8H3/t17-,20+/m0/s1. The van der Waals surface area contributed by atoms with Crippen LogP contribution in [0.1, 0.15) is 39.7 Å². The monoisotopic (exact) mass is 382 g/mol. The first kappa shape index (κ1) is 23.2. The van der Waals surface area contributed by atoms with Crippen LogP contribution < -0.4 is 4.74 Å². The molecule has 26 heavy (non-hydrogen) atoms. The van der Waals surface area contributed by atoms with Crippen LogP contribution in [0.4, 0.5) is 0 Å². The smallest absolute Gasteiger partial charge is 0.191 e. The van der Waals surface area contributed by atoms with Gasteiger partial charge in [-0.3, -0.25) is 0 Å². The summed E-state index contributed by atoms with van der Waals surface area (Å²) in [4.78, 5) is 0. The Hall–Kier alpha value is -0.883. The number of benzene rings is 1. The molecule has 4 nitrogen and oxygen atoms in total. The van der Waals surface area contributed by atoms with Crippen LogP contribution in [-0.2, 0) is 20.5 Å². The lowest BCUT2D eigenvalue weighted by atomic mass is 10.0. The van der Waals surface area contributed by atoms with E-state index in [4.69, 9.17) is 18.6 Å². The van der Waals surface area contributed by atoms with Crippen molar-refractivity contribution in [3.63, 3.8) is 0 Å². The van der Waals surface area contributed by atoms with Gasteiger partial charge in [0.2, 0.25) is 0 Å². The van der Waals surface area contributed by atoms with Crippen LogP contribution in [0.15, 0.2) is 24.3 Å². The van der Waals surface area contributed by atoms with Gasteiger partial charge in [0.15, 0.2) is 8.32 Å². The zero-order chi connectivity index (χ0) is 19.8. The summed E-state index contributed by atoms with van der Waals surface area (Å²) >= 11 is 0. The second-order valence-electron chi connectivity index (χ2n) is 8.51.